The van der Waals surface area contributed by atoms with E-state index in [-0.39, 0.29) is 17.8 Å². The number of nitrogens with one attached hydrogen (secondary N) is 1. The lowest BCUT2D eigenvalue weighted by Gasteiger charge is -2.51. The van der Waals surface area contributed by atoms with Crippen molar-refractivity contribution in [1.29, 1.82) is 0 Å². The molecular formula is C15H16ClNO3. The van der Waals surface area contributed by atoms with Crippen molar-refractivity contribution in [3.63, 3.8) is 0 Å². The summed E-state index contributed by atoms with van der Waals surface area (Å²) >= 11 is 5.77. The van der Waals surface area contributed by atoms with Crippen LogP contribution in [0.25, 0.3) is 0 Å². The van der Waals surface area contributed by atoms with E-state index in [1.165, 1.54) is 0 Å². The summed E-state index contributed by atoms with van der Waals surface area (Å²) in [5.74, 6) is -0.502. The molecule has 20 heavy (non-hydrogen) atoms. The molecule has 1 N–H and O–H groups in total. The Kier molecular flexibility index (Phi) is 3.01. The normalized spacial score (nSPS) is 35.0. The summed E-state index contributed by atoms with van der Waals surface area (Å²) in [7, 11) is 0. The molecule has 5 heteroatoms. The number of hydrogen-bond acceptors (Lipinski definition) is 3. The summed E-state index contributed by atoms with van der Waals surface area (Å²) in [5.41, 5.74) is -0.740. The van der Waals surface area contributed by atoms with Gasteiger partial charge in [0.2, 0.25) is 5.91 Å². The van der Waals surface area contributed by atoms with E-state index in [1.54, 1.807) is 0 Å². The maximum atomic E-state index is 12.2. The molecule has 0 aromatic heterocycles. The molecule has 0 aliphatic carbocycles. The molecule has 2 fully saturated rings. The molecule has 2 aliphatic heterocycles. The first-order chi connectivity index (χ1) is 9.53. The predicted molar refractivity (Wildman–Crippen MR) is 74.3 cm³/mol. The highest BCUT2D eigenvalue weighted by Crippen LogP contribution is 2.51. The van der Waals surface area contributed by atoms with Gasteiger partial charge in [-0.25, -0.2) is 4.79 Å². The summed E-state index contributed by atoms with van der Waals surface area (Å²) in [4.78, 5) is 24.2. The van der Waals surface area contributed by atoms with E-state index in [0.29, 0.717) is 18.7 Å². The van der Waals surface area contributed by atoms with Crippen LogP contribution < -0.4 is 5.32 Å². The first-order valence-electron chi connectivity index (χ1n) is 6.69. The zero-order chi connectivity index (χ0) is 14.4. The molecular weight excluding hydrogens is 278 g/mol. The van der Waals surface area contributed by atoms with Crippen LogP contribution in [0.15, 0.2) is 30.3 Å². The van der Waals surface area contributed by atoms with E-state index < -0.39 is 11.1 Å². The SMILES string of the molecule is C[C@@]12OC(=O)[C@]1(Cc1ccccc1)NC(=O)[C@@H]2CCCl. The fourth-order valence-corrected chi connectivity index (χ4v) is 3.54. The van der Waals surface area contributed by atoms with Crippen molar-refractivity contribution < 1.29 is 14.3 Å². The van der Waals surface area contributed by atoms with Gasteiger partial charge in [-0.1, -0.05) is 30.3 Å². The molecule has 4 nitrogen and oxygen atoms in total. The molecule has 2 aliphatic rings. The van der Waals surface area contributed by atoms with E-state index in [0.717, 1.165) is 5.56 Å². The number of carbonyl (C=O) groups excluding carboxylic acids is 2. The fraction of sp³-hybridized carbons (Fsp3) is 0.467. The second-order valence-electron chi connectivity index (χ2n) is 5.58. The quantitative estimate of drug-likeness (QED) is 0.678. The van der Waals surface area contributed by atoms with Crippen LogP contribution in [0, 0.1) is 5.92 Å². The molecule has 106 valence electrons. The molecule has 3 rings (SSSR count). The van der Waals surface area contributed by atoms with Crippen molar-refractivity contribution >= 4 is 23.5 Å². The lowest BCUT2D eigenvalue weighted by atomic mass is 9.68. The molecule has 1 aromatic carbocycles. The number of benzene rings is 1. The summed E-state index contributed by atoms with van der Waals surface area (Å²) in [6.45, 7) is 1.83. The van der Waals surface area contributed by atoms with Crippen LogP contribution in [0.2, 0.25) is 0 Å². The summed E-state index contributed by atoms with van der Waals surface area (Å²) in [6.07, 6.45) is 0.960. The number of halogens is 1. The molecule has 1 amide bonds. The van der Waals surface area contributed by atoms with E-state index in [1.807, 2.05) is 37.3 Å². The second kappa shape index (κ2) is 4.48. The zero-order valence-corrected chi connectivity index (χ0v) is 11.9. The Morgan fingerprint density at radius 2 is 2.00 bits per heavy atom. The van der Waals surface area contributed by atoms with Crippen LogP contribution in [0.1, 0.15) is 18.9 Å². The Morgan fingerprint density at radius 3 is 2.60 bits per heavy atom. The molecule has 1 aromatic rings. The van der Waals surface area contributed by atoms with Gasteiger partial charge in [0.05, 0.1) is 5.92 Å². The molecule has 0 saturated carbocycles. The molecule has 0 unspecified atom stereocenters. The Labute approximate surface area is 122 Å². The Balaban J connectivity index is 1.94. The molecule has 3 atom stereocenters. The number of fused-ring (bicyclic) bond motifs is 1. The number of amides is 1. The van der Waals surface area contributed by atoms with Crippen molar-refractivity contribution in [3.05, 3.63) is 35.9 Å². The van der Waals surface area contributed by atoms with E-state index in [2.05, 4.69) is 5.32 Å². The average Bonchev–Trinajstić information content (AvgIpc) is 2.59. The fourth-order valence-electron chi connectivity index (χ4n) is 3.32. The number of ether oxygens (including phenoxy) is 1. The van der Waals surface area contributed by atoms with Crippen LogP contribution in [0.5, 0.6) is 0 Å². The minimum atomic E-state index is -0.942. The Morgan fingerprint density at radius 1 is 1.30 bits per heavy atom. The van der Waals surface area contributed by atoms with E-state index in [4.69, 9.17) is 16.3 Å². The van der Waals surface area contributed by atoms with Crippen molar-refractivity contribution in [3.8, 4) is 0 Å². The van der Waals surface area contributed by atoms with Gasteiger partial charge in [0.1, 0.15) is 0 Å². The van der Waals surface area contributed by atoms with Gasteiger partial charge in [-0.05, 0) is 18.9 Å². The monoisotopic (exact) mass is 293 g/mol. The van der Waals surface area contributed by atoms with Crippen molar-refractivity contribution in [2.45, 2.75) is 30.9 Å². The van der Waals surface area contributed by atoms with Gasteiger partial charge in [0.25, 0.3) is 0 Å². The average molecular weight is 294 g/mol. The minimum absolute atomic E-state index is 0.144. The largest absolute Gasteiger partial charge is 0.453 e. The van der Waals surface area contributed by atoms with Crippen molar-refractivity contribution in [1.82, 2.24) is 5.32 Å². The third kappa shape index (κ3) is 1.61. The van der Waals surface area contributed by atoms with Crippen LogP contribution in [-0.4, -0.2) is 28.9 Å². The summed E-state index contributed by atoms with van der Waals surface area (Å²) in [5, 5.41) is 2.87. The number of rotatable bonds is 4. The van der Waals surface area contributed by atoms with Crippen molar-refractivity contribution in [2.75, 3.05) is 5.88 Å². The van der Waals surface area contributed by atoms with Gasteiger partial charge in [-0.15, -0.1) is 11.6 Å². The second-order valence-corrected chi connectivity index (χ2v) is 5.96. The zero-order valence-electron chi connectivity index (χ0n) is 11.2. The molecule has 0 spiro atoms. The highest BCUT2D eigenvalue weighted by molar-refractivity contribution is 6.18. The van der Waals surface area contributed by atoms with Crippen LogP contribution in [0.3, 0.4) is 0 Å². The van der Waals surface area contributed by atoms with E-state index >= 15 is 0 Å². The van der Waals surface area contributed by atoms with E-state index in [9.17, 15) is 9.59 Å². The van der Waals surface area contributed by atoms with Crippen LogP contribution >= 0.6 is 11.6 Å². The van der Waals surface area contributed by atoms with Gasteiger partial charge < -0.3 is 10.1 Å². The number of esters is 1. The highest BCUT2D eigenvalue weighted by atomic mass is 35.5. The first kappa shape index (κ1) is 13.4. The maximum absolute atomic E-state index is 12.2. The van der Waals surface area contributed by atoms with Crippen molar-refractivity contribution in [2.24, 2.45) is 5.92 Å². The van der Waals surface area contributed by atoms with Crippen LogP contribution in [0.4, 0.5) is 0 Å². The van der Waals surface area contributed by atoms with Gasteiger partial charge in [-0.2, -0.15) is 0 Å². The minimum Gasteiger partial charge on any atom is -0.453 e. The summed E-state index contributed by atoms with van der Waals surface area (Å²) in [6, 6.07) is 9.65. The third-order valence-electron chi connectivity index (χ3n) is 4.53. The standard InChI is InChI=1S/C15H16ClNO3/c1-14-11(7-8-16)12(18)17-15(14,13(19)20-14)9-10-5-3-2-4-6-10/h2-6,11H,7-9H2,1H3,(H,17,18)/t11-,14-,15-/m0/s1. The Bertz CT molecular complexity index is 561. The van der Waals surface area contributed by atoms with Gasteiger partial charge in [0.15, 0.2) is 11.1 Å². The predicted octanol–water partition coefficient (Wildman–Crippen LogP) is 1.66. The third-order valence-corrected chi connectivity index (χ3v) is 4.75. The first-order valence-corrected chi connectivity index (χ1v) is 7.22. The lowest BCUT2D eigenvalue weighted by Crippen LogP contribution is -2.75. The van der Waals surface area contributed by atoms with Crippen LogP contribution in [-0.2, 0) is 20.7 Å². The summed E-state index contributed by atoms with van der Waals surface area (Å²) < 4.78 is 5.38. The molecule has 0 bridgehead atoms. The Hall–Kier alpha value is -1.55. The number of carbonyl (C=O) groups is 2. The smallest absolute Gasteiger partial charge is 0.337 e. The van der Waals surface area contributed by atoms with Gasteiger partial charge >= 0.3 is 5.97 Å². The number of alkyl halides is 1. The maximum Gasteiger partial charge on any atom is 0.337 e. The molecule has 2 heterocycles. The topological polar surface area (TPSA) is 55.4 Å². The molecule has 2 saturated heterocycles. The molecule has 0 radical (unpaired) electrons. The van der Waals surface area contributed by atoms with Gasteiger partial charge in [-0.3, -0.25) is 4.79 Å². The van der Waals surface area contributed by atoms with Gasteiger partial charge in [0, 0.05) is 12.3 Å². The number of hydrogen-bond donors (Lipinski definition) is 1. The highest BCUT2D eigenvalue weighted by Gasteiger charge is 2.75. The lowest BCUT2D eigenvalue weighted by molar-refractivity contribution is -0.219.